The highest BCUT2D eigenvalue weighted by Crippen LogP contribution is 2.46. The molecule has 4 heteroatoms. The molecular weight excluding hydrogens is 212 g/mol. The summed E-state index contributed by atoms with van der Waals surface area (Å²) in [4.78, 5) is 14.1. The Morgan fingerprint density at radius 1 is 1.38 bits per heavy atom. The smallest absolute Gasteiger partial charge is 0.211 e. The van der Waals surface area contributed by atoms with Crippen LogP contribution in [0.4, 0.5) is 8.78 Å². The lowest BCUT2D eigenvalue weighted by Gasteiger charge is -2.37. The minimum Gasteiger partial charge on any atom is -0.211 e. The van der Waals surface area contributed by atoms with Crippen LogP contribution in [0.15, 0.2) is 17.1 Å². The number of carbonyl (C=O) groups excluding carboxylic acids is 1. The first-order chi connectivity index (χ1) is 7.60. The molecule has 1 fully saturated rings. The number of benzene rings is 1. The number of hydrogen-bond donors (Lipinski definition) is 0. The predicted octanol–water partition coefficient (Wildman–Crippen LogP) is 2.99. The zero-order valence-corrected chi connectivity index (χ0v) is 8.89. The average Bonchev–Trinajstić information content (AvgIpc) is 2.21. The number of aliphatic imine (C=N–C) groups is 1. The molecule has 0 aromatic heterocycles. The van der Waals surface area contributed by atoms with E-state index in [4.69, 9.17) is 0 Å². The van der Waals surface area contributed by atoms with E-state index in [0.717, 1.165) is 6.42 Å². The van der Waals surface area contributed by atoms with Crippen molar-refractivity contribution in [1.29, 1.82) is 0 Å². The van der Waals surface area contributed by atoms with Crippen LogP contribution in [0, 0.1) is 18.6 Å². The summed E-state index contributed by atoms with van der Waals surface area (Å²) in [6.07, 6.45) is 3.61. The first-order valence-electron chi connectivity index (χ1n) is 5.15. The third-order valence-corrected chi connectivity index (χ3v) is 3.26. The van der Waals surface area contributed by atoms with Gasteiger partial charge in [-0.3, -0.25) is 0 Å². The van der Waals surface area contributed by atoms with Crippen LogP contribution in [0.2, 0.25) is 0 Å². The summed E-state index contributed by atoms with van der Waals surface area (Å²) in [7, 11) is 0. The summed E-state index contributed by atoms with van der Waals surface area (Å²) < 4.78 is 27.0. The molecule has 0 aliphatic heterocycles. The van der Waals surface area contributed by atoms with E-state index >= 15 is 0 Å². The Morgan fingerprint density at radius 2 is 2.06 bits per heavy atom. The van der Waals surface area contributed by atoms with Crippen LogP contribution in [-0.2, 0) is 10.3 Å². The molecule has 1 aliphatic carbocycles. The van der Waals surface area contributed by atoms with Gasteiger partial charge in [-0.2, -0.15) is 4.99 Å². The minimum absolute atomic E-state index is 0.0233. The summed E-state index contributed by atoms with van der Waals surface area (Å²) in [5, 5.41) is 0. The Hall–Kier alpha value is -1.54. The van der Waals surface area contributed by atoms with Crippen LogP contribution in [0.3, 0.4) is 0 Å². The van der Waals surface area contributed by atoms with Crippen LogP contribution in [-0.4, -0.2) is 6.08 Å². The van der Waals surface area contributed by atoms with Gasteiger partial charge < -0.3 is 0 Å². The lowest BCUT2D eigenvalue weighted by atomic mass is 9.72. The predicted molar refractivity (Wildman–Crippen MR) is 54.7 cm³/mol. The maximum Gasteiger partial charge on any atom is 0.235 e. The molecule has 0 heterocycles. The molecule has 0 atom stereocenters. The summed E-state index contributed by atoms with van der Waals surface area (Å²) in [5.41, 5.74) is -0.518. The standard InChI is InChI=1S/C12H11F2NO/c1-8-10(13)4-3-9(11(8)14)12(15-7-16)5-2-6-12/h3-4H,2,5-6H2,1H3. The van der Waals surface area contributed by atoms with Crippen LogP contribution in [0.5, 0.6) is 0 Å². The van der Waals surface area contributed by atoms with Crippen molar-refractivity contribution in [2.24, 2.45) is 4.99 Å². The molecule has 0 amide bonds. The van der Waals surface area contributed by atoms with E-state index in [1.54, 1.807) is 0 Å². The third kappa shape index (κ3) is 1.46. The second kappa shape index (κ2) is 3.80. The summed E-state index contributed by atoms with van der Waals surface area (Å²) in [5.74, 6) is -1.18. The van der Waals surface area contributed by atoms with Gasteiger partial charge >= 0.3 is 0 Å². The van der Waals surface area contributed by atoms with E-state index in [9.17, 15) is 13.6 Å². The van der Waals surface area contributed by atoms with E-state index < -0.39 is 17.2 Å². The van der Waals surface area contributed by atoms with Gasteiger partial charge in [0.25, 0.3) is 0 Å². The van der Waals surface area contributed by atoms with Crippen LogP contribution >= 0.6 is 0 Å². The van der Waals surface area contributed by atoms with Crippen molar-refractivity contribution < 1.29 is 13.6 Å². The molecule has 1 aromatic rings. The molecule has 1 aromatic carbocycles. The molecule has 0 saturated heterocycles. The number of rotatable bonds is 2. The third-order valence-electron chi connectivity index (χ3n) is 3.26. The van der Waals surface area contributed by atoms with Gasteiger partial charge in [-0.15, -0.1) is 0 Å². The average molecular weight is 223 g/mol. The molecule has 84 valence electrons. The van der Waals surface area contributed by atoms with E-state index in [-0.39, 0.29) is 5.56 Å². The van der Waals surface area contributed by atoms with Gasteiger partial charge in [0.1, 0.15) is 17.2 Å². The van der Waals surface area contributed by atoms with Crippen molar-refractivity contribution in [3.05, 3.63) is 34.9 Å². The number of hydrogen-bond acceptors (Lipinski definition) is 2. The molecule has 0 radical (unpaired) electrons. The van der Waals surface area contributed by atoms with Crippen molar-refractivity contribution in [1.82, 2.24) is 0 Å². The van der Waals surface area contributed by atoms with Gasteiger partial charge in [0.15, 0.2) is 0 Å². The maximum absolute atomic E-state index is 13.9. The fourth-order valence-corrected chi connectivity index (χ4v) is 2.06. The van der Waals surface area contributed by atoms with Gasteiger partial charge in [-0.05, 0) is 32.3 Å². The monoisotopic (exact) mass is 223 g/mol. The fourth-order valence-electron chi connectivity index (χ4n) is 2.06. The van der Waals surface area contributed by atoms with Crippen molar-refractivity contribution in [2.75, 3.05) is 0 Å². The number of nitrogens with zero attached hydrogens (tertiary/aromatic N) is 1. The van der Waals surface area contributed by atoms with Crippen molar-refractivity contribution >= 4 is 6.08 Å². The Morgan fingerprint density at radius 3 is 2.56 bits per heavy atom. The van der Waals surface area contributed by atoms with Crippen molar-refractivity contribution in [3.63, 3.8) is 0 Å². The highest BCUT2D eigenvalue weighted by molar-refractivity contribution is 5.41. The van der Waals surface area contributed by atoms with Crippen LogP contribution in [0.1, 0.15) is 30.4 Å². The molecule has 0 spiro atoms. The fraction of sp³-hybridized carbons (Fsp3) is 0.417. The van der Waals surface area contributed by atoms with E-state index in [1.807, 2.05) is 0 Å². The van der Waals surface area contributed by atoms with Crippen LogP contribution < -0.4 is 0 Å². The molecule has 2 rings (SSSR count). The zero-order chi connectivity index (χ0) is 11.8. The van der Waals surface area contributed by atoms with Gasteiger partial charge in [0.2, 0.25) is 6.08 Å². The van der Waals surface area contributed by atoms with E-state index in [1.165, 1.54) is 25.1 Å². The molecule has 1 saturated carbocycles. The van der Waals surface area contributed by atoms with Gasteiger partial charge in [0.05, 0.1) is 0 Å². The molecule has 2 nitrogen and oxygen atoms in total. The van der Waals surface area contributed by atoms with Gasteiger partial charge in [-0.1, -0.05) is 6.07 Å². The Bertz CT molecular complexity index is 474. The van der Waals surface area contributed by atoms with Crippen molar-refractivity contribution in [2.45, 2.75) is 31.7 Å². The SMILES string of the molecule is Cc1c(F)ccc(C2(N=C=O)CCC2)c1F. The van der Waals surface area contributed by atoms with Gasteiger partial charge in [0, 0.05) is 11.1 Å². The topological polar surface area (TPSA) is 29.4 Å². The Labute approximate surface area is 92.0 Å². The summed E-state index contributed by atoms with van der Waals surface area (Å²) in [6, 6.07) is 2.59. The lowest BCUT2D eigenvalue weighted by molar-refractivity contribution is 0.246. The van der Waals surface area contributed by atoms with E-state index in [2.05, 4.69) is 4.99 Å². The maximum atomic E-state index is 13.9. The van der Waals surface area contributed by atoms with Gasteiger partial charge in [-0.25, -0.2) is 13.6 Å². The summed E-state index contributed by atoms with van der Waals surface area (Å²) >= 11 is 0. The normalized spacial score (nSPS) is 17.4. The zero-order valence-electron chi connectivity index (χ0n) is 8.89. The molecule has 0 unspecified atom stereocenters. The Balaban J connectivity index is 2.55. The quantitative estimate of drug-likeness (QED) is 0.559. The minimum atomic E-state index is -0.801. The number of isocyanates is 1. The first kappa shape index (κ1) is 11.0. The molecule has 16 heavy (non-hydrogen) atoms. The first-order valence-corrected chi connectivity index (χ1v) is 5.15. The largest absolute Gasteiger partial charge is 0.235 e. The van der Waals surface area contributed by atoms with Crippen molar-refractivity contribution in [3.8, 4) is 0 Å². The second-order valence-electron chi connectivity index (χ2n) is 4.12. The van der Waals surface area contributed by atoms with E-state index in [0.29, 0.717) is 18.4 Å². The summed E-state index contributed by atoms with van der Waals surface area (Å²) in [6.45, 7) is 1.38. The van der Waals surface area contributed by atoms with Crippen LogP contribution in [0.25, 0.3) is 0 Å². The highest BCUT2D eigenvalue weighted by atomic mass is 19.1. The molecule has 0 N–H and O–H groups in total. The molecule has 0 bridgehead atoms. The molecular formula is C12H11F2NO. The second-order valence-corrected chi connectivity index (χ2v) is 4.12. The number of halogens is 2. The highest BCUT2D eigenvalue weighted by Gasteiger charge is 2.41. The lowest BCUT2D eigenvalue weighted by Crippen LogP contribution is -2.33. The Kier molecular flexibility index (Phi) is 2.60. The molecule has 1 aliphatic rings.